The fourth-order valence-electron chi connectivity index (χ4n) is 3.81. The van der Waals surface area contributed by atoms with Crippen molar-refractivity contribution < 1.29 is 19.1 Å². The highest BCUT2D eigenvalue weighted by atomic mass is 16.5. The van der Waals surface area contributed by atoms with Gasteiger partial charge in [-0.25, -0.2) is 5.01 Å². The SMILES string of the molecule is O=C1c2ccc(OC[C@H]3CCCCN3)cc2CN1N1C(=O)CCCC1=O. The summed E-state index contributed by atoms with van der Waals surface area (Å²) < 4.78 is 5.89. The smallest absolute Gasteiger partial charge is 0.273 e. The zero-order valence-corrected chi connectivity index (χ0v) is 14.7. The van der Waals surface area contributed by atoms with Crippen LogP contribution in [0.3, 0.4) is 0 Å². The number of hydrogen-bond donors (Lipinski definition) is 1. The molecule has 0 aromatic heterocycles. The number of imide groups is 1. The molecule has 0 aliphatic carbocycles. The Labute approximate surface area is 152 Å². The molecule has 3 amide bonds. The number of fused-ring (bicyclic) bond motifs is 1. The van der Waals surface area contributed by atoms with Crippen molar-refractivity contribution in [2.75, 3.05) is 13.2 Å². The maximum atomic E-state index is 12.6. The van der Waals surface area contributed by atoms with Crippen molar-refractivity contribution >= 4 is 17.7 Å². The zero-order chi connectivity index (χ0) is 18.1. The topological polar surface area (TPSA) is 79.0 Å². The fourth-order valence-corrected chi connectivity index (χ4v) is 3.81. The van der Waals surface area contributed by atoms with Crippen LogP contribution in [0.1, 0.15) is 54.4 Å². The van der Waals surface area contributed by atoms with E-state index in [2.05, 4.69) is 5.32 Å². The number of carbonyl (C=O) groups is 3. The summed E-state index contributed by atoms with van der Waals surface area (Å²) in [5, 5.41) is 5.73. The second-order valence-electron chi connectivity index (χ2n) is 7.09. The predicted molar refractivity (Wildman–Crippen MR) is 93.2 cm³/mol. The van der Waals surface area contributed by atoms with Gasteiger partial charge in [0.1, 0.15) is 12.4 Å². The summed E-state index contributed by atoms with van der Waals surface area (Å²) in [6.07, 6.45) is 4.68. The molecule has 2 fully saturated rings. The molecule has 4 rings (SSSR count). The molecule has 7 heteroatoms. The molecule has 138 valence electrons. The summed E-state index contributed by atoms with van der Waals surface area (Å²) in [6.45, 7) is 1.85. The summed E-state index contributed by atoms with van der Waals surface area (Å²) in [5.41, 5.74) is 1.31. The van der Waals surface area contributed by atoms with Gasteiger partial charge in [0.2, 0.25) is 11.8 Å². The minimum atomic E-state index is -0.303. The first-order chi connectivity index (χ1) is 12.6. The molecule has 7 nitrogen and oxygen atoms in total. The second-order valence-corrected chi connectivity index (χ2v) is 7.09. The van der Waals surface area contributed by atoms with Crippen LogP contribution in [0.5, 0.6) is 5.75 Å². The van der Waals surface area contributed by atoms with Crippen LogP contribution in [0.2, 0.25) is 0 Å². The van der Waals surface area contributed by atoms with Crippen molar-refractivity contribution in [3.05, 3.63) is 29.3 Å². The average molecular weight is 357 g/mol. The number of benzene rings is 1. The molecule has 1 N–H and O–H groups in total. The Morgan fingerprint density at radius 2 is 1.88 bits per heavy atom. The van der Waals surface area contributed by atoms with E-state index in [1.54, 1.807) is 12.1 Å². The lowest BCUT2D eigenvalue weighted by atomic mass is 10.1. The maximum absolute atomic E-state index is 12.6. The van der Waals surface area contributed by atoms with Gasteiger partial charge in [-0.1, -0.05) is 6.42 Å². The van der Waals surface area contributed by atoms with E-state index in [-0.39, 0.29) is 24.3 Å². The van der Waals surface area contributed by atoms with Crippen molar-refractivity contribution in [1.82, 2.24) is 15.3 Å². The van der Waals surface area contributed by atoms with Gasteiger partial charge in [0, 0.05) is 24.4 Å². The molecular weight excluding hydrogens is 334 g/mol. The lowest BCUT2D eigenvalue weighted by molar-refractivity contribution is -0.163. The number of carbonyl (C=O) groups excluding carboxylic acids is 3. The van der Waals surface area contributed by atoms with Gasteiger partial charge in [-0.15, -0.1) is 0 Å². The number of piperidine rings is 2. The van der Waals surface area contributed by atoms with Gasteiger partial charge in [-0.2, -0.15) is 5.01 Å². The molecule has 3 aliphatic heterocycles. The number of nitrogens with one attached hydrogen (secondary N) is 1. The van der Waals surface area contributed by atoms with Crippen LogP contribution in [0, 0.1) is 0 Å². The normalized spacial score (nSPS) is 23.4. The van der Waals surface area contributed by atoms with Crippen LogP contribution < -0.4 is 10.1 Å². The summed E-state index contributed by atoms with van der Waals surface area (Å²) in [7, 11) is 0. The van der Waals surface area contributed by atoms with Crippen LogP contribution >= 0.6 is 0 Å². The van der Waals surface area contributed by atoms with Crippen molar-refractivity contribution in [3.63, 3.8) is 0 Å². The molecule has 1 aromatic rings. The molecule has 0 radical (unpaired) electrons. The Kier molecular flexibility index (Phi) is 4.63. The molecule has 0 saturated carbocycles. The van der Waals surface area contributed by atoms with Gasteiger partial charge in [-0.05, 0) is 49.6 Å². The van der Waals surface area contributed by atoms with Crippen molar-refractivity contribution in [2.45, 2.75) is 51.1 Å². The Hall–Kier alpha value is -2.41. The Balaban J connectivity index is 1.46. The van der Waals surface area contributed by atoms with Gasteiger partial charge >= 0.3 is 0 Å². The maximum Gasteiger partial charge on any atom is 0.273 e. The van der Waals surface area contributed by atoms with Crippen molar-refractivity contribution in [1.29, 1.82) is 0 Å². The second kappa shape index (κ2) is 7.07. The van der Waals surface area contributed by atoms with Crippen LogP contribution in [0.4, 0.5) is 0 Å². The van der Waals surface area contributed by atoms with E-state index in [0.29, 0.717) is 43.2 Å². The number of ether oxygens (including phenoxy) is 1. The van der Waals surface area contributed by atoms with Gasteiger partial charge in [0.25, 0.3) is 5.91 Å². The molecule has 2 saturated heterocycles. The number of nitrogens with zero attached hydrogens (tertiary/aromatic N) is 2. The Morgan fingerprint density at radius 3 is 2.62 bits per heavy atom. The van der Waals surface area contributed by atoms with Crippen LogP contribution in [0.15, 0.2) is 18.2 Å². The Morgan fingerprint density at radius 1 is 1.08 bits per heavy atom. The molecule has 0 bridgehead atoms. The van der Waals surface area contributed by atoms with Crippen LogP contribution in [-0.4, -0.2) is 46.9 Å². The number of amides is 3. The fraction of sp³-hybridized carbons (Fsp3) is 0.526. The highest BCUT2D eigenvalue weighted by Gasteiger charge is 2.39. The van der Waals surface area contributed by atoms with E-state index < -0.39 is 0 Å². The molecule has 1 atom stereocenters. The highest BCUT2D eigenvalue weighted by molar-refractivity contribution is 6.04. The molecule has 0 spiro atoms. The molecule has 3 aliphatic rings. The standard InChI is InChI=1S/C19H23N3O4/c23-17-5-3-6-18(24)22(17)21-11-13-10-15(7-8-16(13)19(21)25)26-12-14-4-1-2-9-20-14/h7-8,10,14,20H,1-6,9,11-12H2/t14-/m1/s1. The predicted octanol–water partition coefficient (Wildman–Crippen LogP) is 1.62. The average Bonchev–Trinajstić information content (AvgIpc) is 2.97. The summed E-state index contributed by atoms with van der Waals surface area (Å²) >= 11 is 0. The van der Waals surface area contributed by atoms with Crippen LogP contribution in [0.25, 0.3) is 0 Å². The van der Waals surface area contributed by atoms with E-state index in [0.717, 1.165) is 23.5 Å². The van der Waals surface area contributed by atoms with Gasteiger partial charge in [0.15, 0.2) is 0 Å². The lowest BCUT2D eigenvalue weighted by Gasteiger charge is -2.32. The first-order valence-electron chi connectivity index (χ1n) is 9.30. The first kappa shape index (κ1) is 17.0. The molecular formula is C19H23N3O4. The molecule has 1 aromatic carbocycles. The summed E-state index contributed by atoms with van der Waals surface area (Å²) in [4.78, 5) is 36.9. The molecule has 0 unspecified atom stereocenters. The number of hydrogen-bond acceptors (Lipinski definition) is 5. The minimum absolute atomic E-state index is 0.227. The quantitative estimate of drug-likeness (QED) is 0.829. The third-order valence-electron chi connectivity index (χ3n) is 5.22. The number of rotatable bonds is 4. The zero-order valence-electron chi connectivity index (χ0n) is 14.7. The molecule has 26 heavy (non-hydrogen) atoms. The minimum Gasteiger partial charge on any atom is -0.492 e. The van der Waals surface area contributed by atoms with E-state index in [1.807, 2.05) is 6.07 Å². The summed E-state index contributed by atoms with van der Waals surface area (Å²) in [5.74, 6) is -0.198. The van der Waals surface area contributed by atoms with Gasteiger partial charge < -0.3 is 10.1 Å². The summed E-state index contributed by atoms with van der Waals surface area (Å²) in [6, 6.07) is 5.71. The monoisotopic (exact) mass is 357 g/mol. The van der Waals surface area contributed by atoms with Gasteiger partial charge in [0.05, 0.1) is 6.54 Å². The molecule has 3 heterocycles. The van der Waals surface area contributed by atoms with Crippen LogP contribution in [-0.2, 0) is 16.1 Å². The highest BCUT2D eigenvalue weighted by Crippen LogP contribution is 2.30. The van der Waals surface area contributed by atoms with E-state index in [9.17, 15) is 14.4 Å². The number of hydrazine groups is 1. The third-order valence-corrected chi connectivity index (χ3v) is 5.22. The largest absolute Gasteiger partial charge is 0.492 e. The van der Waals surface area contributed by atoms with Crippen molar-refractivity contribution in [2.24, 2.45) is 0 Å². The third kappa shape index (κ3) is 3.19. The van der Waals surface area contributed by atoms with E-state index in [4.69, 9.17) is 4.74 Å². The van der Waals surface area contributed by atoms with E-state index >= 15 is 0 Å². The van der Waals surface area contributed by atoms with Gasteiger partial charge in [-0.3, -0.25) is 14.4 Å². The Bertz CT molecular complexity index is 726. The first-order valence-corrected chi connectivity index (χ1v) is 9.30. The van der Waals surface area contributed by atoms with Crippen molar-refractivity contribution in [3.8, 4) is 5.75 Å². The lowest BCUT2D eigenvalue weighted by Crippen LogP contribution is -2.51. The van der Waals surface area contributed by atoms with E-state index in [1.165, 1.54) is 17.9 Å².